The third-order valence-corrected chi connectivity index (χ3v) is 3.13. The fourth-order valence-electron chi connectivity index (χ4n) is 2.43. The van der Waals surface area contributed by atoms with Crippen LogP contribution >= 0.6 is 0 Å². The standard InChI is InChI=1S/C13H17N3O2/c1-8-6-16(7-9(2)17-8)13-15-12-10(14)4-3-5-11(12)18-13/h3-5,8-9H,6-7,14H2,1-2H3. The Bertz CT molecular complexity index is 556. The summed E-state index contributed by atoms with van der Waals surface area (Å²) >= 11 is 0. The quantitative estimate of drug-likeness (QED) is 0.781. The second kappa shape index (κ2) is 4.17. The van der Waals surface area contributed by atoms with Crippen LogP contribution in [0.2, 0.25) is 0 Å². The molecule has 1 aliphatic rings. The lowest BCUT2D eigenvalue weighted by molar-refractivity contribution is -0.00662. The van der Waals surface area contributed by atoms with E-state index in [1.807, 2.05) is 18.2 Å². The highest BCUT2D eigenvalue weighted by Crippen LogP contribution is 2.27. The van der Waals surface area contributed by atoms with Crippen LogP contribution in [0.3, 0.4) is 0 Å². The first-order valence-electron chi connectivity index (χ1n) is 6.19. The average molecular weight is 247 g/mol. The Labute approximate surface area is 106 Å². The number of nitrogen functional groups attached to an aromatic ring is 1. The van der Waals surface area contributed by atoms with Crippen LogP contribution in [0.25, 0.3) is 11.1 Å². The maximum absolute atomic E-state index is 5.89. The minimum Gasteiger partial charge on any atom is -0.423 e. The van der Waals surface area contributed by atoms with Crippen LogP contribution in [-0.4, -0.2) is 30.3 Å². The van der Waals surface area contributed by atoms with Gasteiger partial charge in [-0.25, -0.2) is 0 Å². The van der Waals surface area contributed by atoms with Crippen LogP contribution in [0, 0.1) is 0 Å². The lowest BCUT2D eigenvalue weighted by Gasteiger charge is -2.34. The Hall–Kier alpha value is -1.75. The van der Waals surface area contributed by atoms with E-state index in [4.69, 9.17) is 14.9 Å². The van der Waals surface area contributed by atoms with Crippen molar-refractivity contribution >= 4 is 22.8 Å². The van der Waals surface area contributed by atoms with Crippen molar-refractivity contribution < 1.29 is 9.15 Å². The van der Waals surface area contributed by atoms with Gasteiger partial charge in [0.1, 0.15) is 5.52 Å². The molecule has 2 unspecified atom stereocenters. The normalized spacial score (nSPS) is 24.7. The van der Waals surface area contributed by atoms with E-state index in [1.54, 1.807) is 0 Å². The Balaban J connectivity index is 1.96. The SMILES string of the molecule is CC1CN(c2nc3c(N)cccc3o2)CC(C)O1. The van der Waals surface area contributed by atoms with Crippen LogP contribution in [-0.2, 0) is 4.74 Å². The fraction of sp³-hybridized carbons (Fsp3) is 0.462. The Morgan fingerprint density at radius 3 is 2.67 bits per heavy atom. The molecular weight excluding hydrogens is 230 g/mol. The molecule has 0 bridgehead atoms. The molecule has 0 spiro atoms. The van der Waals surface area contributed by atoms with Crippen LogP contribution in [0.4, 0.5) is 11.7 Å². The molecule has 1 saturated heterocycles. The van der Waals surface area contributed by atoms with Crippen molar-refractivity contribution in [2.75, 3.05) is 23.7 Å². The molecule has 18 heavy (non-hydrogen) atoms. The largest absolute Gasteiger partial charge is 0.423 e. The van der Waals surface area contributed by atoms with E-state index in [-0.39, 0.29) is 12.2 Å². The zero-order valence-corrected chi connectivity index (χ0v) is 10.6. The molecule has 3 rings (SSSR count). The van der Waals surface area contributed by atoms with E-state index >= 15 is 0 Å². The number of anilines is 2. The number of fused-ring (bicyclic) bond motifs is 1. The number of morpholine rings is 1. The minimum atomic E-state index is 0.182. The summed E-state index contributed by atoms with van der Waals surface area (Å²) in [5.41, 5.74) is 8.01. The van der Waals surface area contributed by atoms with Crippen LogP contribution < -0.4 is 10.6 Å². The molecule has 1 aromatic carbocycles. The monoisotopic (exact) mass is 247 g/mol. The minimum absolute atomic E-state index is 0.182. The maximum atomic E-state index is 5.89. The lowest BCUT2D eigenvalue weighted by atomic mass is 10.2. The molecule has 5 heteroatoms. The van der Waals surface area contributed by atoms with Gasteiger partial charge in [-0.15, -0.1) is 0 Å². The summed E-state index contributed by atoms with van der Waals surface area (Å²) in [6.07, 6.45) is 0.363. The van der Waals surface area contributed by atoms with Crippen molar-refractivity contribution in [3.63, 3.8) is 0 Å². The summed E-state index contributed by atoms with van der Waals surface area (Å²) in [4.78, 5) is 6.59. The summed E-state index contributed by atoms with van der Waals surface area (Å²) in [6.45, 7) is 5.69. The van der Waals surface area contributed by atoms with Gasteiger partial charge in [0.05, 0.1) is 17.9 Å². The summed E-state index contributed by atoms with van der Waals surface area (Å²) in [7, 11) is 0. The third-order valence-electron chi connectivity index (χ3n) is 3.13. The second-order valence-corrected chi connectivity index (χ2v) is 4.85. The van der Waals surface area contributed by atoms with E-state index in [0.717, 1.165) is 24.2 Å². The number of benzene rings is 1. The van der Waals surface area contributed by atoms with Crippen molar-refractivity contribution in [2.24, 2.45) is 0 Å². The van der Waals surface area contributed by atoms with Crippen molar-refractivity contribution in [3.8, 4) is 0 Å². The number of nitrogens with two attached hydrogens (primary N) is 1. The van der Waals surface area contributed by atoms with Gasteiger partial charge in [-0.2, -0.15) is 4.98 Å². The molecule has 5 nitrogen and oxygen atoms in total. The summed E-state index contributed by atoms with van der Waals surface area (Å²) < 4.78 is 11.5. The number of ether oxygens (including phenoxy) is 1. The number of nitrogens with zero attached hydrogens (tertiary/aromatic N) is 2. The van der Waals surface area contributed by atoms with Gasteiger partial charge >= 0.3 is 0 Å². The number of rotatable bonds is 1. The lowest BCUT2D eigenvalue weighted by Crippen LogP contribution is -2.45. The second-order valence-electron chi connectivity index (χ2n) is 4.85. The van der Waals surface area contributed by atoms with Crippen molar-refractivity contribution in [1.82, 2.24) is 4.98 Å². The average Bonchev–Trinajstić information content (AvgIpc) is 2.73. The molecule has 1 aromatic heterocycles. The van der Waals surface area contributed by atoms with Crippen molar-refractivity contribution in [3.05, 3.63) is 18.2 Å². The highest BCUT2D eigenvalue weighted by atomic mass is 16.5. The zero-order valence-electron chi connectivity index (χ0n) is 10.6. The third kappa shape index (κ3) is 1.90. The molecule has 2 atom stereocenters. The van der Waals surface area contributed by atoms with E-state index < -0.39 is 0 Å². The van der Waals surface area contributed by atoms with Gasteiger partial charge in [-0.05, 0) is 26.0 Å². The van der Waals surface area contributed by atoms with Gasteiger partial charge in [-0.1, -0.05) is 6.07 Å². The Morgan fingerprint density at radius 2 is 2.00 bits per heavy atom. The molecule has 1 fully saturated rings. The molecule has 96 valence electrons. The highest BCUT2D eigenvalue weighted by molar-refractivity contribution is 5.86. The van der Waals surface area contributed by atoms with Gasteiger partial charge in [-0.3, -0.25) is 0 Å². The molecule has 2 N–H and O–H groups in total. The Kier molecular flexibility index (Phi) is 2.63. The smallest absolute Gasteiger partial charge is 0.298 e. The van der Waals surface area contributed by atoms with E-state index in [0.29, 0.717) is 11.7 Å². The molecule has 0 aliphatic carbocycles. The van der Waals surface area contributed by atoms with Gasteiger partial charge in [0.25, 0.3) is 6.01 Å². The van der Waals surface area contributed by atoms with Gasteiger partial charge in [0.15, 0.2) is 5.58 Å². The van der Waals surface area contributed by atoms with Crippen LogP contribution in [0.15, 0.2) is 22.6 Å². The van der Waals surface area contributed by atoms with Gasteiger partial charge in [0, 0.05) is 13.1 Å². The molecule has 0 saturated carbocycles. The first-order chi connectivity index (χ1) is 8.63. The summed E-state index contributed by atoms with van der Waals surface area (Å²) in [5, 5.41) is 0. The predicted molar refractivity (Wildman–Crippen MR) is 70.6 cm³/mol. The predicted octanol–water partition coefficient (Wildman–Crippen LogP) is 2.02. The first kappa shape index (κ1) is 11.3. The highest BCUT2D eigenvalue weighted by Gasteiger charge is 2.25. The van der Waals surface area contributed by atoms with Gasteiger partial charge in [0.2, 0.25) is 0 Å². The first-order valence-corrected chi connectivity index (χ1v) is 6.19. The van der Waals surface area contributed by atoms with Gasteiger partial charge < -0.3 is 19.8 Å². The number of hydrogen-bond acceptors (Lipinski definition) is 5. The number of para-hydroxylation sites is 1. The summed E-state index contributed by atoms with van der Waals surface area (Å²) in [6, 6.07) is 6.22. The van der Waals surface area contributed by atoms with Crippen molar-refractivity contribution in [2.45, 2.75) is 26.1 Å². The topological polar surface area (TPSA) is 64.5 Å². The zero-order chi connectivity index (χ0) is 12.7. The molecule has 1 aliphatic heterocycles. The number of hydrogen-bond donors (Lipinski definition) is 1. The van der Waals surface area contributed by atoms with Crippen molar-refractivity contribution in [1.29, 1.82) is 0 Å². The molecule has 0 amide bonds. The number of oxazole rings is 1. The summed E-state index contributed by atoms with van der Waals surface area (Å²) in [5.74, 6) is 0. The van der Waals surface area contributed by atoms with E-state index in [1.165, 1.54) is 0 Å². The molecule has 2 heterocycles. The molecule has 0 radical (unpaired) electrons. The van der Waals surface area contributed by atoms with Crippen LogP contribution in [0.5, 0.6) is 0 Å². The van der Waals surface area contributed by atoms with E-state index in [2.05, 4.69) is 23.7 Å². The maximum Gasteiger partial charge on any atom is 0.298 e. The van der Waals surface area contributed by atoms with Crippen LogP contribution in [0.1, 0.15) is 13.8 Å². The Morgan fingerprint density at radius 1 is 1.28 bits per heavy atom. The fourth-order valence-corrected chi connectivity index (χ4v) is 2.43. The number of aromatic nitrogens is 1. The molecule has 2 aromatic rings. The van der Waals surface area contributed by atoms with E-state index in [9.17, 15) is 0 Å². The molecular formula is C13H17N3O2.